The number of rotatable bonds is 5. The molecule has 9 heteroatoms. The van der Waals surface area contributed by atoms with E-state index in [0.717, 1.165) is 29.8 Å². The summed E-state index contributed by atoms with van der Waals surface area (Å²) in [6.07, 6.45) is 2.82. The molecular weight excluding hydrogens is 438 g/mol. The first-order valence-electron chi connectivity index (χ1n) is 9.78. The summed E-state index contributed by atoms with van der Waals surface area (Å²) in [7, 11) is -3.58. The van der Waals surface area contributed by atoms with E-state index in [2.05, 4.69) is 10.3 Å². The fourth-order valence-electron chi connectivity index (χ4n) is 3.50. The second kappa shape index (κ2) is 8.58. The summed E-state index contributed by atoms with van der Waals surface area (Å²) in [6.45, 7) is 4.68. The van der Waals surface area contributed by atoms with Gasteiger partial charge >= 0.3 is 0 Å². The van der Waals surface area contributed by atoms with Crippen molar-refractivity contribution in [2.24, 2.45) is 0 Å². The van der Waals surface area contributed by atoms with Crippen LogP contribution in [0.4, 0.5) is 5.69 Å². The van der Waals surface area contributed by atoms with Crippen molar-refractivity contribution < 1.29 is 13.2 Å². The molecule has 1 amide bonds. The number of aryl methyl sites for hydroxylation is 2. The second-order valence-corrected chi connectivity index (χ2v) is 11.0. The highest BCUT2D eigenvalue weighted by molar-refractivity contribution is 7.89. The highest BCUT2D eigenvalue weighted by Gasteiger charge is 2.28. The van der Waals surface area contributed by atoms with Gasteiger partial charge in [0.05, 0.1) is 10.6 Å². The molecule has 158 valence electrons. The zero-order chi connectivity index (χ0) is 21.3. The molecule has 0 bridgehead atoms. The number of thiazole rings is 1. The lowest BCUT2D eigenvalue weighted by molar-refractivity contribution is 0.102. The molecule has 1 N–H and O–H groups in total. The molecule has 1 saturated heterocycles. The van der Waals surface area contributed by atoms with E-state index in [1.165, 1.54) is 11.3 Å². The predicted molar refractivity (Wildman–Crippen MR) is 122 cm³/mol. The number of anilines is 1. The minimum absolute atomic E-state index is 0.252. The number of carbonyl (C=O) groups is 1. The summed E-state index contributed by atoms with van der Waals surface area (Å²) in [5, 5.41) is 7.63. The Morgan fingerprint density at radius 1 is 1.13 bits per heavy atom. The van der Waals surface area contributed by atoms with E-state index in [1.54, 1.807) is 40.8 Å². The molecule has 0 aliphatic carbocycles. The fraction of sp³-hybridized carbons (Fsp3) is 0.333. The molecule has 1 fully saturated rings. The maximum absolute atomic E-state index is 13.1. The molecule has 3 heterocycles. The number of piperidine rings is 1. The normalized spacial score (nSPS) is 15.3. The Hall–Kier alpha value is -2.07. The van der Waals surface area contributed by atoms with Gasteiger partial charge in [-0.05, 0) is 55.8 Å². The van der Waals surface area contributed by atoms with Crippen molar-refractivity contribution >= 4 is 44.3 Å². The third-order valence-corrected chi connectivity index (χ3v) is 9.08. The van der Waals surface area contributed by atoms with Gasteiger partial charge in [-0.1, -0.05) is 12.5 Å². The molecule has 0 radical (unpaired) electrons. The van der Waals surface area contributed by atoms with E-state index < -0.39 is 10.0 Å². The van der Waals surface area contributed by atoms with Gasteiger partial charge in [0.25, 0.3) is 5.91 Å². The summed E-state index contributed by atoms with van der Waals surface area (Å²) in [6, 6.07) is 7.01. The molecule has 30 heavy (non-hydrogen) atoms. The predicted octanol–water partition coefficient (Wildman–Crippen LogP) is 4.92. The van der Waals surface area contributed by atoms with E-state index in [4.69, 9.17) is 0 Å². The zero-order valence-electron chi connectivity index (χ0n) is 16.8. The average molecular weight is 462 g/mol. The molecule has 0 spiro atoms. The van der Waals surface area contributed by atoms with Crippen LogP contribution >= 0.6 is 22.7 Å². The summed E-state index contributed by atoms with van der Waals surface area (Å²) in [4.78, 5) is 18.2. The lowest BCUT2D eigenvalue weighted by Crippen LogP contribution is -2.36. The van der Waals surface area contributed by atoms with Crippen LogP contribution < -0.4 is 5.32 Å². The van der Waals surface area contributed by atoms with Crippen LogP contribution in [0.25, 0.3) is 10.6 Å². The van der Waals surface area contributed by atoms with Crippen LogP contribution in [-0.2, 0) is 10.0 Å². The average Bonchev–Trinajstić information content (AvgIpc) is 3.39. The van der Waals surface area contributed by atoms with Crippen LogP contribution in [0, 0.1) is 13.8 Å². The van der Waals surface area contributed by atoms with Gasteiger partial charge in [-0.3, -0.25) is 4.79 Å². The number of aromatic nitrogens is 1. The van der Waals surface area contributed by atoms with Crippen molar-refractivity contribution in [2.45, 2.75) is 38.0 Å². The SMILES string of the molecule is Cc1ccc(NC(=O)c2sc(-c3ccsc3)nc2C)cc1S(=O)(=O)N1CCCCC1. The molecule has 1 aromatic carbocycles. The van der Waals surface area contributed by atoms with Crippen molar-refractivity contribution in [2.75, 3.05) is 18.4 Å². The standard InChI is InChI=1S/C21H23N3O3S3/c1-14-6-7-17(12-18(14)30(26,27)24-9-4-3-5-10-24)23-20(25)19-15(2)22-21(29-19)16-8-11-28-13-16/h6-8,11-13H,3-5,9-10H2,1-2H3,(H,23,25). The van der Waals surface area contributed by atoms with Crippen LogP contribution in [0.1, 0.15) is 40.2 Å². The van der Waals surface area contributed by atoms with Crippen LogP contribution in [0.5, 0.6) is 0 Å². The van der Waals surface area contributed by atoms with Crippen LogP contribution in [0.3, 0.4) is 0 Å². The van der Waals surface area contributed by atoms with Crippen molar-refractivity contribution in [3.05, 3.63) is 51.2 Å². The van der Waals surface area contributed by atoms with Gasteiger partial charge in [0.15, 0.2) is 0 Å². The molecule has 0 atom stereocenters. The third-order valence-electron chi connectivity index (χ3n) is 5.15. The van der Waals surface area contributed by atoms with Gasteiger partial charge in [-0.25, -0.2) is 13.4 Å². The minimum atomic E-state index is -3.58. The maximum atomic E-state index is 13.1. The summed E-state index contributed by atoms with van der Waals surface area (Å²) < 4.78 is 27.8. The number of carbonyl (C=O) groups excluding carboxylic acids is 1. The highest BCUT2D eigenvalue weighted by atomic mass is 32.2. The Morgan fingerprint density at radius 3 is 2.60 bits per heavy atom. The first kappa shape index (κ1) is 21.2. The maximum Gasteiger partial charge on any atom is 0.267 e. The summed E-state index contributed by atoms with van der Waals surface area (Å²) >= 11 is 2.92. The minimum Gasteiger partial charge on any atom is -0.321 e. The third kappa shape index (κ3) is 4.20. The molecule has 0 unspecified atom stereocenters. The number of hydrogen-bond donors (Lipinski definition) is 1. The van der Waals surface area contributed by atoms with Crippen molar-refractivity contribution in [3.8, 4) is 10.6 Å². The Kier molecular flexibility index (Phi) is 6.06. The molecule has 6 nitrogen and oxygen atoms in total. The lowest BCUT2D eigenvalue weighted by atomic mass is 10.2. The quantitative estimate of drug-likeness (QED) is 0.585. The summed E-state index contributed by atoms with van der Waals surface area (Å²) in [5.74, 6) is -0.281. The Balaban J connectivity index is 1.58. The van der Waals surface area contributed by atoms with Gasteiger partial charge in [0.1, 0.15) is 9.88 Å². The number of sulfonamides is 1. The van der Waals surface area contributed by atoms with E-state index >= 15 is 0 Å². The zero-order valence-corrected chi connectivity index (χ0v) is 19.3. The first-order chi connectivity index (χ1) is 14.4. The van der Waals surface area contributed by atoms with Gasteiger partial charge < -0.3 is 5.32 Å². The molecule has 2 aromatic heterocycles. The number of thiophene rings is 1. The number of amides is 1. The van der Waals surface area contributed by atoms with E-state index in [9.17, 15) is 13.2 Å². The van der Waals surface area contributed by atoms with Gasteiger partial charge in [-0.15, -0.1) is 11.3 Å². The number of benzene rings is 1. The van der Waals surface area contributed by atoms with E-state index in [-0.39, 0.29) is 10.8 Å². The molecule has 0 saturated carbocycles. The molecule has 1 aliphatic heterocycles. The van der Waals surface area contributed by atoms with E-state index in [1.807, 2.05) is 23.8 Å². The van der Waals surface area contributed by atoms with Gasteiger partial charge in [0.2, 0.25) is 10.0 Å². The number of hydrogen-bond acceptors (Lipinski definition) is 6. The Bertz CT molecular complexity index is 1160. The van der Waals surface area contributed by atoms with Crippen molar-refractivity contribution in [1.82, 2.24) is 9.29 Å². The van der Waals surface area contributed by atoms with E-state index in [0.29, 0.717) is 34.9 Å². The second-order valence-electron chi connectivity index (χ2n) is 7.34. The fourth-order valence-corrected chi connectivity index (χ4v) is 6.95. The molecule has 3 aromatic rings. The van der Waals surface area contributed by atoms with Gasteiger partial charge in [0, 0.05) is 29.7 Å². The Labute approximate surface area is 184 Å². The summed E-state index contributed by atoms with van der Waals surface area (Å²) in [5.41, 5.74) is 2.79. The molecule has 1 aliphatic rings. The number of nitrogens with one attached hydrogen (secondary N) is 1. The smallest absolute Gasteiger partial charge is 0.267 e. The lowest BCUT2D eigenvalue weighted by Gasteiger charge is -2.26. The molecule has 4 rings (SSSR count). The van der Waals surface area contributed by atoms with Crippen LogP contribution in [-0.4, -0.2) is 36.7 Å². The number of nitrogens with zero attached hydrogens (tertiary/aromatic N) is 2. The van der Waals surface area contributed by atoms with Gasteiger partial charge in [-0.2, -0.15) is 15.6 Å². The monoisotopic (exact) mass is 461 g/mol. The molecular formula is C21H23N3O3S3. The highest BCUT2D eigenvalue weighted by Crippen LogP contribution is 2.31. The van der Waals surface area contributed by atoms with Crippen molar-refractivity contribution in [1.29, 1.82) is 0 Å². The van der Waals surface area contributed by atoms with Crippen LogP contribution in [0.15, 0.2) is 39.9 Å². The van der Waals surface area contributed by atoms with Crippen molar-refractivity contribution in [3.63, 3.8) is 0 Å². The first-order valence-corrected chi connectivity index (χ1v) is 13.0. The largest absolute Gasteiger partial charge is 0.321 e. The van der Waals surface area contributed by atoms with Crippen LogP contribution in [0.2, 0.25) is 0 Å². The Morgan fingerprint density at radius 2 is 1.90 bits per heavy atom. The topological polar surface area (TPSA) is 79.4 Å².